The molecule has 13 heavy (non-hydrogen) atoms. The van der Waals surface area contributed by atoms with Gasteiger partial charge in [0.2, 0.25) is 0 Å². The first-order valence-electron chi connectivity index (χ1n) is 4.84. The average molecular weight is 252 g/mol. The van der Waals surface area contributed by atoms with Gasteiger partial charge in [0.05, 0.1) is 0 Å². The molecule has 2 heterocycles. The van der Waals surface area contributed by atoms with E-state index < -0.39 is 0 Å². The van der Waals surface area contributed by atoms with Crippen LogP contribution in [0.2, 0.25) is 0 Å². The van der Waals surface area contributed by atoms with Gasteiger partial charge in [-0.2, -0.15) is 47.0 Å². The molecule has 4 heteroatoms. The summed E-state index contributed by atoms with van der Waals surface area (Å²) in [7, 11) is 0. The van der Waals surface area contributed by atoms with Crippen molar-refractivity contribution in [2.24, 2.45) is 0 Å². The molecule has 0 aromatic carbocycles. The van der Waals surface area contributed by atoms with Gasteiger partial charge in [-0.1, -0.05) is 0 Å². The van der Waals surface area contributed by atoms with Crippen LogP contribution in [-0.4, -0.2) is 45.0 Å². The first-order chi connectivity index (χ1) is 6.45. The number of thioether (sulfide) groups is 4. The van der Waals surface area contributed by atoms with Crippen molar-refractivity contribution >= 4 is 47.0 Å². The Morgan fingerprint density at radius 2 is 1.38 bits per heavy atom. The van der Waals surface area contributed by atoms with Gasteiger partial charge in [0.15, 0.2) is 0 Å². The molecule has 0 radical (unpaired) electrons. The zero-order valence-corrected chi connectivity index (χ0v) is 11.0. The Kier molecular flexibility index (Phi) is 5.10. The summed E-state index contributed by atoms with van der Waals surface area (Å²) in [6.45, 7) is 0. The van der Waals surface area contributed by atoms with Crippen LogP contribution in [0.4, 0.5) is 0 Å². The van der Waals surface area contributed by atoms with Crippen molar-refractivity contribution in [1.82, 2.24) is 0 Å². The summed E-state index contributed by atoms with van der Waals surface area (Å²) in [5.41, 5.74) is 0. The first-order valence-corrected chi connectivity index (χ1v) is 9.24. The molecule has 0 aliphatic carbocycles. The Hall–Kier alpha value is 1.40. The molecule has 2 rings (SSSR count). The van der Waals surface area contributed by atoms with Gasteiger partial charge in [-0.25, -0.2) is 0 Å². The van der Waals surface area contributed by atoms with E-state index in [1.807, 2.05) is 0 Å². The molecule has 2 aliphatic rings. The molecule has 0 bridgehead atoms. The average Bonchev–Trinajstić information content (AvgIpc) is 2.99. The lowest BCUT2D eigenvalue weighted by atomic mass is 10.6. The molecule has 2 fully saturated rings. The van der Waals surface area contributed by atoms with Crippen LogP contribution in [0.3, 0.4) is 0 Å². The third kappa shape index (κ3) is 5.75. The maximum absolute atomic E-state index is 2.16. The Morgan fingerprint density at radius 1 is 0.923 bits per heavy atom. The number of hydrogen-bond donors (Lipinski definition) is 0. The summed E-state index contributed by atoms with van der Waals surface area (Å²) < 4.78 is 0. The van der Waals surface area contributed by atoms with Gasteiger partial charge in [0, 0.05) is 33.5 Å². The van der Waals surface area contributed by atoms with Crippen molar-refractivity contribution in [2.75, 3.05) is 34.5 Å². The van der Waals surface area contributed by atoms with Gasteiger partial charge in [0.25, 0.3) is 0 Å². The second-order valence-corrected chi connectivity index (χ2v) is 8.38. The predicted molar refractivity (Wildman–Crippen MR) is 71.8 cm³/mol. The van der Waals surface area contributed by atoms with Crippen LogP contribution in [0.25, 0.3) is 0 Å². The molecule has 0 nitrogen and oxygen atoms in total. The minimum atomic E-state index is 1.03. The van der Waals surface area contributed by atoms with E-state index in [-0.39, 0.29) is 0 Å². The van der Waals surface area contributed by atoms with E-state index >= 15 is 0 Å². The number of hydrogen-bond acceptors (Lipinski definition) is 4. The molecule has 0 saturated carbocycles. The summed E-state index contributed by atoms with van der Waals surface area (Å²) in [4.78, 5) is 0. The second-order valence-electron chi connectivity index (χ2n) is 3.41. The lowest BCUT2D eigenvalue weighted by Crippen LogP contribution is -1.93. The molecule has 0 N–H and O–H groups in total. The highest BCUT2D eigenvalue weighted by atomic mass is 32.2. The third-order valence-corrected chi connectivity index (χ3v) is 6.79. The largest absolute Gasteiger partial charge is 0.161 e. The summed E-state index contributed by atoms with van der Waals surface area (Å²) in [5, 5.41) is 2.06. The topological polar surface area (TPSA) is 0 Å². The molecule has 2 atom stereocenters. The van der Waals surface area contributed by atoms with Crippen molar-refractivity contribution in [3.63, 3.8) is 0 Å². The van der Waals surface area contributed by atoms with Crippen molar-refractivity contribution in [2.45, 2.75) is 16.9 Å². The second kappa shape index (κ2) is 6.09. The first kappa shape index (κ1) is 10.9. The molecular formula is C9H16S4. The van der Waals surface area contributed by atoms with E-state index in [0.29, 0.717) is 0 Å². The quantitative estimate of drug-likeness (QED) is 0.481. The van der Waals surface area contributed by atoms with E-state index in [4.69, 9.17) is 0 Å². The molecule has 2 saturated heterocycles. The Morgan fingerprint density at radius 3 is 1.77 bits per heavy atom. The van der Waals surface area contributed by atoms with Crippen LogP contribution in [0.1, 0.15) is 6.42 Å². The molecule has 0 spiro atoms. The highest BCUT2D eigenvalue weighted by molar-refractivity contribution is 8.09. The molecule has 0 aromatic heterocycles. The van der Waals surface area contributed by atoms with Gasteiger partial charge in [-0.3, -0.25) is 0 Å². The summed E-state index contributed by atoms with van der Waals surface area (Å²) in [6, 6.07) is 0. The maximum atomic E-state index is 2.16. The SMILES string of the molecule is C(CSCC1CS1)CSCC1CS1. The highest BCUT2D eigenvalue weighted by Gasteiger charge is 2.22. The predicted octanol–water partition coefficient (Wildman–Crippen LogP) is 3.07. The van der Waals surface area contributed by atoms with Gasteiger partial charge in [-0.05, 0) is 17.9 Å². The van der Waals surface area contributed by atoms with Gasteiger partial charge in [0.1, 0.15) is 0 Å². The Balaban J connectivity index is 1.28. The minimum Gasteiger partial charge on any atom is -0.161 e. The van der Waals surface area contributed by atoms with Crippen LogP contribution in [0.15, 0.2) is 0 Å². The van der Waals surface area contributed by atoms with E-state index in [9.17, 15) is 0 Å². The fourth-order valence-corrected chi connectivity index (χ4v) is 5.15. The fourth-order valence-electron chi connectivity index (χ4n) is 1.02. The van der Waals surface area contributed by atoms with Crippen LogP contribution in [0.5, 0.6) is 0 Å². The standard InChI is InChI=1S/C9H16S4/c1(2-10-4-8-6-12-8)3-11-5-9-7-13-9/h8-9H,1-7H2. The summed E-state index contributed by atoms with van der Waals surface area (Å²) in [6.07, 6.45) is 1.42. The van der Waals surface area contributed by atoms with E-state index in [1.54, 1.807) is 0 Å². The Labute approximate surface area is 98.1 Å². The zero-order chi connectivity index (χ0) is 8.93. The van der Waals surface area contributed by atoms with E-state index in [1.165, 1.54) is 40.9 Å². The van der Waals surface area contributed by atoms with Crippen molar-refractivity contribution in [1.29, 1.82) is 0 Å². The van der Waals surface area contributed by atoms with E-state index in [2.05, 4.69) is 47.0 Å². The molecule has 0 aromatic rings. The zero-order valence-electron chi connectivity index (χ0n) is 7.74. The van der Waals surface area contributed by atoms with Gasteiger partial charge >= 0.3 is 0 Å². The van der Waals surface area contributed by atoms with Crippen LogP contribution >= 0.6 is 47.0 Å². The summed E-state index contributed by atoms with van der Waals surface area (Å²) >= 11 is 8.56. The van der Waals surface area contributed by atoms with Crippen molar-refractivity contribution < 1.29 is 0 Å². The normalized spacial score (nSPS) is 30.5. The monoisotopic (exact) mass is 252 g/mol. The third-order valence-electron chi connectivity index (χ3n) is 1.99. The maximum Gasteiger partial charge on any atom is 0.0229 e. The molecule has 76 valence electrons. The van der Waals surface area contributed by atoms with Crippen molar-refractivity contribution in [3.05, 3.63) is 0 Å². The molecule has 2 aliphatic heterocycles. The smallest absolute Gasteiger partial charge is 0.0229 e. The highest BCUT2D eigenvalue weighted by Crippen LogP contribution is 2.34. The lowest BCUT2D eigenvalue weighted by Gasteiger charge is -1.99. The minimum absolute atomic E-state index is 1.03. The molecule has 2 unspecified atom stereocenters. The number of rotatable bonds is 8. The van der Waals surface area contributed by atoms with Crippen molar-refractivity contribution in [3.8, 4) is 0 Å². The molecular weight excluding hydrogens is 236 g/mol. The van der Waals surface area contributed by atoms with Crippen LogP contribution in [0, 0.1) is 0 Å². The van der Waals surface area contributed by atoms with E-state index in [0.717, 1.165) is 10.5 Å². The fraction of sp³-hybridized carbons (Fsp3) is 1.00. The van der Waals surface area contributed by atoms with Crippen LogP contribution < -0.4 is 0 Å². The lowest BCUT2D eigenvalue weighted by molar-refractivity contribution is 1.11. The summed E-state index contributed by atoms with van der Waals surface area (Å²) in [5.74, 6) is 8.46. The van der Waals surface area contributed by atoms with Crippen LogP contribution in [-0.2, 0) is 0 Å². The molecule has 0 amide bonds. The van der Waals surface area contributed by atoms with Gasteiger partial charge < -0.3 is 0 Å². The van der Waals surface area contributed by atoms with Gasteiger partial charge in [-0.15, -0.1) is 0 Å². The Bertz CT molecular complexity index is 127.